The Kier molecular flexibility index (Phi) is 2.76. The molecule has 2 N–H and O–H groups in total. The molecule has 3 heteroatoms. The standard InChI is InChI=1S/C12H16FNO/c1-7-5-9-3-4-15-6-10(14)11(9)8(2)12(7)13/h5,10H,3-4,6,14H2,1-2H3. The molecule has 1 atom stereocenters. The maximum atomic E-state index is 13.7. The molecule has 1 heterocycles. The average molecular weight is 209 g/mol. The van der Waals surface area contributed by atoms with Gasteiger partial charge in [-0.15, -0.1) is 0 Å². The predicted octanol–water partition coefficient (Wildman–Crippen LogP) is 2.02. The fourth-order valence-corrected chi connectivity index (χ4v) is 2.26. The van der Waals surface area contributed by atoms with Gasteiger partial charge < -0.3 is 10.5 Å². The topological polar surface area (TPSA) is 35.2 Å². The SMILES string of the molecule is Cc1cc2c(c(C)c1F)C(N)COCC2. The summed E-state index contributed by atoms with van der Waals surface area (Å²) in [6.45, 7) is 4.74. The largest absolute Gasteiger partial charge is 0.379 e. The molecule has 0 saturated carbocycles. The van der Waals surface area contributed by atoms with Gasteiger partial charge in [0.15, 0.2) is 0 Å². The highest BCUT2D eigenvalue weighted by molar-refractivity contribution is 5.42. The van der Waals surface area contributed by atoms with E-state index < -0.39 is 0 Å². The fraction of sp³-hybridized carbons (Fsp3) is 0.500. The van der Waals surface area contributed by atoms with Gasteiger partial charge in [0, 0.05) is 0 Å². The van der Waals surface area contributed by atoms with Crippen molar-refractivity contribution in [3.05, 3.63) is 34.1 Å². The van der Waals surface area contributed by atoms with Gasteiger partial charge in [0.1, 0.15) is 5.82 Å². The minimum atomic E-state index is -0.197. The molecule has 0 aromatic heterocycles. The van der Waals surface area contributed by atoms with Crippen molar-refractivity contribution < 1.29 is 9.13 Å². The van der Waals surface area contributed by atoms with E-state index in [1.807, 2.05) is 6.07 Å². The van der Waals surface area contributed by atoms with E-state index in [0.29, 0.717) is 24.3 Å². The monoisotopic (exact) mass is 209 g/mol. The zero-order chi connectivity index (χ0) is 11.0. The maximum Gasteiger partial charge on any atom is 0.129 e. The smallest absolute Gasteiger partial charge is 0.129 e. The van der Waals surface area contributed by atoms with E-state index in [0.717, 1.165) is 17.5 Å². The van der Waals surface area contributed by atoms with Crippen molar-refractivity contribution in [3.63, 3.8) is 0 Å². The van der Waals surface area contributed by atoms with E-state index >= 15 is 0 Å². The Morgan fingerprint density at radius 1 is 1.47 bits per heavy atom. The van der Waals surface area contributed by atoms with E-state index in [2.05, 4.69) is 0 Å². The normalized spacial score (nSPS) is 20.9. The van der Waals surface area contributed by atoms with Crippen LogP contribution in [0.25, 0.3) is 0 Å². The molecule has 2 nitrogen and oxygen atoms in total. The fourth-order valence-electron chi connectivity index (χ4n) is 2.26. The molecule has 0 spiro atoms. The van der Waals surface area contributed by atoms with Crippen molar-refractivity contribution >= 4 is 0 Å². The number of hydrogen-bond donors (Lipinski definition) is 1. The molecule has 1 aromatic carbocycles. The molecule has 15 heavy (non-hydrogen) atoms. The van der Waals surface area contributed by atoms with Crippen LogP contribution in [0.1, 0.15) is 28.3 Å². The van der Waals surface area contributed by atoms with Gasteiger partial charge in [0.25, 0.3) is 0 Å². The van der Waals surface area contributed by atoms with Crippen molar-refractivity contribution in [1.29, 1.82) is 0 Å². The zero-order valence-corrected chi connectivity index (χ0v) is 9.14. The van der Waals surface area contributed by atoms with Crippen LogP contribution < -0.4 is 5.73 Å². The number of ether oxygens (including phenoxy) is 1. The predicted molar refractivity (Wildman–Crippen MR) is 57.3 cm³/mol. The summed E-state index contributed by atoms with van der Waals surface area (Å²) >= 11 is 0. The van der Waals surface area contributed by atoms with Crippen molar-refractivity contribution in [3.8, 4) is 0 Å². The molecule has 1 unspecified atom stereocenters. The molecular weight excluding hydrogens is 193 g/mol. The number of fused-ring (bicyclic) bond motifs is 1. The van der Waals surface area contributed by atoms with Crippen LogP contribution in [0, 0.1) is 19.7 Å². The van der Waals surface area contributed by atoms with Gasteiger partial charge in [-0.25, -0.2) is 4.39 Å². The van der Waals surface area contributed by atoms with Gasteiger partial charge in [0.2, 0.25) is 0 Å². The molecule has 0 aliphatic carbocycles. The van der Waals surface area contributed by atoms with E-state index in [1.54, 1.807) is 13.8 Å². The van der Waals surface area contributed by atoms with Crippen LogP contribution >= 0.6 is 0 Å². The van der Waals surface area contributed by atoms with Crippen LogP contribution in [-0.4, -0.2) is 13.2 Å². The number of benzene rings is 1. The molecule has 0 fully saturated rings. The summed E-state index contributed by atoms with van der Waals surface area (Å²) in [7, 11) is 0. The summed E-state index contributed by atoms with van der Waals surface area (Å²) in [6.07, 6.45) is 0.824. The first-order valence-corrected chi connectivity index (χ1v) is 5.23. The summed E-state index contributed by atoms with van der Waals surface area (Å²) in [4.78, 5) is 0. The third-order valence-corrected chi connectivity index (χ3v) is 3.00. The minimum Gasteiger partial charge on any atom is -0.379 e. The Balaban J connectivity index is 2.61. The van der Waals surface area contributed by atoms with Gasteiger partial charge in [-0.1, -0.05) is 6.07 Å². The Morgan fingerprint density at radius 2 is 2.20 bits per heavy atom. The first-order valence-electron chi connectivity index (χ1n) is 5.23. The van der Waals surface area contributed by atoms with Crippen molar-refractivity contribution in [2.24, 2.45) is 5.73 Å². The molecule has 1 aliphatic heterocycles. The Hall–Kier alpha value is -0.930. The van der Waals surface area contributed by atoms with E-state index in [1.165, 1.54) is 0 Å². The van der Waals surface area contributed by atoms with Gasteiger partial charge in [-0.05, 0) is 42.5 Å². The Labute approximate surface area is 89.2 Å². The van der Waals surface area contributed by atoms with Gasteiger partial charge in [-0.2, -0.15) is 0 Å². The van der Waals surface area contributed by atoms with Crippen LogP contribution in [0.4, 0.5) is 4.39 Å². The van der Waals surface area contributed by atoms with Gasteiger partial charge in [0.05, 0.1) is 19.3 Å². The van der Waals surface area contributed by atoms with E-state index in [4.69, 9.17) is 10.5 Å². The van der Waals surface area contributed by atoms with Gasteiger partial charge in [-0.3, -0.25) is 0 Å². The quantitative estimate of drug-likeness (QED) is 0.709. The first-order chi connectivity index (χ1) is 7.11. The lowest BCUT2D eigenvalue weighted by atomic mass is 9.92. The second kappa shape index (κ2) is 3.91. The number of rotatable bonds is 0. The lowest BCUT2D eigenvalue weighted by Crippen LogP contribution is -2.18. The molecular formula is C12H16FNO. The highest BCUT2D eigenvalue weighted by Crippen LogP contribution is 2.28. The number of hydrogen-bond acceptors (Lipinski definition) is 2. The summed E-state index contributed by atoms with van der Waals surface area (Å²) in [6, 6.07) is 1.70. The molecule has 0 radical (unpaired) electrons. The number of halogens is 1. The van der Waals surface area contributed by atoms with E-state index in [-0.39, 0.29) is 11.9 Å². The average Bonchev–Trinajstić information content (AvgIpc) is 2.37. The lowest BCUT2D eigenvalue weighted by Gasteiger charge is -2.17. The van der Waals surface area contributed by atoms with Crippen LogP contribution in [0.3, 0.4) is 0 Å². The van der Waals surface area contributed by atoms with Crippen LogP contribution in [0.2, 0.25) is 0 Å². The number of aryl methyl sites for hydroxylation is 1. The molecule has 0 bridgehead atoms. The van der Waals surface area contributed by atoms with Crippen molar-refractivity contribution in [2.75, 3.05) is 13.2 Å². The minimum absolute atomic E-state index is 0.133. The molecule has 2 rings (SSSR count). The lowest BCUT2D eigenvalue weighted by molar-refractivity contribution is 0.131. The van der Waals surface area contributed by atoms with Crippen molar-refractivity contribution in [1.82, 2.24) is 0 Å². The van der Waals surface area contributed by atoms with Gasteiger partial charge >= 0.3 is 0 Å². The summed E-state index contributed by atoms with van der Waals surface area (Å²) in [5, 5.41) is 0. The molecule has 1 aliphatic rings. The molecule has 0 amide bonds. The van der Waals surface area contributed by atoms with Crippen molar-refractivity contribution in [2.45, 2.75) is 26.3 Å². The van der Waals surface area contributed by atoms with E-state index in [9.17, 15) is 4.39 Å². The van der Waals surface area contributed by atoms with Crippen LogP contribution in [-0.2, 0) is 11.2 Å². The Bertz CT molecular complexity index is 390. The van der Waals surface area contributed by atoms with Crippen LogP contribution in [0.15, 0.2) is 6.07 Å². The first kappa shape index (κ1) is 10.6. The highest BCUT2D eigenvalue weighted by Gasteiger charge is 2.20. The third kappa shape index (κ3) is 1.77. The third-order valence-electron chi connectivity index (χ3n) is 3.00. The second-order valence-corrected chi connectivity index (χ2v) is 4.14. The molecule has 82 valence electrons. The second-order valence-electron chi connectivity index (χ2n) is 4.14. The summed E-state index contributed by atoms with van der Waals surface area (Å²) in [5.74, 6) is -0.133. The summed E-state index contributed by atoms with van der Waals surface area (Å²) in [5.41, 5.74) is 9.43. The zero-order valence-electron chi connectivity index (χ0n) is 9.14. The van der Waals surface area contributed by atoms with Crippen LogP contribution in [0.5, 0.6) is 0 Å². The Morgan fingerprint density at radius 3 is 2.93 bits per heavy atom. The molecule has 0 saturated heterocycles. The molecule has 1 aromatic rings. The number of nitrogens with two attached hydrogens (primary N) is 1. The maximum absolute atomic E-state index is 13.7. The highest BCUT2D eigenvalue weighted by atomic mass is 19.1. The summed E-state index contributed by atoms with van der Waals surface area (Å²) < 4.78 is 19.1.